The van der Waals surface area contributed by atoms with Crippen molar-refractivity contribution in [2.75, 3.05) is 12.4 Å². The first-order chi connectivity index (χ1) is 17.4. The van der Waals surface area contributed by atoms with Crippen LogP contribution >= 0.6 is 11.6 Å². The number of rotatable bonds is 5. The Hall–Kier alpha value is -4.34. The summed E-state index contributed by atoms with van der Waals surface area (Å²) in [5.74, 6) is 0.0998. The van der Waals surface area contributed by atoms with Crippen molar-refractivity contribution in [2.45, 2.75) is 6.92 Å². The molecule has 0 saturated carbocycles. The zero-order chi connectivity index (χ0) is 25.2. The number of pyridine rings is 2. The van der Waals surface area contributed by atoms with Crippen molar-refractivity contribution in [1.29, 1.82) is 5.26 Å². The topological polar surface area (TPSA) is 127 Å². The molecule has 0 unspecified atom stereocenters. The molecule has 1 N–H and O–H groups in total. The van der Waals surface area contributed by atoms with Crippen molar-refractivity contribution in [3.63, 3.8) is 0 Å². The fourth-order valence-electron chi connectivity index (χ4n) is 3.42. The molecule has 5 rings (SSSR count). The average molecular weight is 559 g/mol. The summed E-state index contributed by atoms with van der Waals surface area (Å²) in [6, 6.07) is 5.45. The van der Waals surface area contributed by atoms with Crippen LogP contribution < -0.4 is 10.1 Å². The second kappa shape index (κ2) is 9.73. The van der Waals surface area contributed by atoms with Crippen LogP contribution in [-0.4, -0.2) is 52.4 Å². The van der Waals surface area contributed by atoms with Gasteiger partial charge in [-0.1, -0.05) is 0 Å². The fraction of sp³-hybridized carbons (Fsp3) is 0.0800. The molecule has 0 aromatic carbocycles. The molecule has 0 bridgehead atoms. The molecule has 0 atom stereocenters. The van der Waals surface area contributed by atoms with Crippen LogP contribution in [0.25, 0.3) is 26.7 Å². The predicted molar refractivity (Wildman–Crippen MR) is 135 cm³/mol. The Morgan fingerprint density at radius 2 is 1.97 bits per heavy atom. The Morgan fingerprint density at radius 1 is 1.11 bits per heavy atom. The van der Waals surface area contributed by atoms with Crippen LogP contribution in [0.15, 0.2) is 59.9 Å². The Kier molecular flexibility index (Phi) is 6.32. The second-order valence-electron chi connectivity index (χ2n) is 7.46. The number of nitrogens with zero attached hydrogens (tertiary/aromatic N) is 6. The number of carbonyl (C=O) groups excluding carboxylic acids is 1. The van der Waals surface area contributed by atoms with Crippen molar-refractivity contribution in [3.8, 4) is 22.9 Å². The van der Waals surface area contributed by atoms with Crippen LogP contribution in [0.4, 0.5) is 4.69 Å². The number of ether oxygens (including phenoxy) is 1. The van der Waals surface area contributed by atoms with E-state index in [2.05, 4.69) is 41.7 Å². The number of nitriles is 1. The Bertz CT molecular complexity index is 1740. The van der Waals surface area contributed by atoms with Gasteiger partial charge in [0.15, 0.2) is 0 Å². The first-order valence-electron chi connectivity index (χ1n) is 10.4. The normalized spacial score (nSPS) is 12.2. The van der Waals surface area contributed by atoms with E-state index >= 15 is 0 Å². The number of aryl methyl sites for hydroxylation is 1. The van der Waals surface area contributed by atoms with Crippen molar-refractivity contribution < 1.29 is 9.53 Å². The monoisotopic (exact) mass is 559 g/mol. The molecule has 0 fully saturated rings. The van der Waals surface area contributed by atoms with E-state index in [-0.39, 0.29) is 25.6 Å². The second-order valence-corrected chi connectivity index (χ2v) is 9.90. The zero-order valence-corrected chi connectivity index (χ0v) is 21.3. The van der Waals surface area contributed by atoms with Crippen LogP contribution in [0.1, 0.15) is 21.7 Å². The van der Waals surface area contributed by atoms with Gasteiger partial charge in [-0.15, -0.1) is 0 Å². The predicted octanol–water partition coefficient (Wildman–Crippen LogP) is 3.92. The molecule has 0 aliphatic heterocycles. The van der Waals surface area contributed by atoms with Crippen LogP contribution in [0, 0.1) is 18.3 Å². The number of nitrogens with one attached hydrogen (secondary N) is 1. The average Bonchev–Trinajstić information content (AvgIpc) is 3.30. The number of methoxy groups -OCH3 is 1. The van der Waals surface area contributed by atoms with Gasteiger partial charge in [0.25, 0.3) is 0 Å². The molecule has 1 aliphatic rings. The summed E-state index contributed by atoms with van der Waals surface area (Å²) in [5.41, 5.74) is 10.1. The molecule has 1 aliphatic carbocycles. The van der Waals surface area contributed by atoms with Gasteiger partial charge in [-0.2, -0.15) is 0 Å². The van der Waals surface area contributed by atoms with E-state index in [1.54, 1.807) is 30.5 Å². The maximum absolute atomic E-state index is 13.3. The number of carbonyl (C=O) groups is 1. The van der Waals surface area contributed by atoms with Gasteiger partial charge in [0.1, 0.15) is 0 Å². The third kappa shape index (κ3) is 4.61. The molecule has 0 saturated heterocycles. The van der Waals surface area contributed by atoms with E-state index in [1.807, 2.05) is 13.0 Å². The van der Waals surface area contributed by atoms with Crippen LogP contribution in [-0.2, 0) is 0 Å². The summed E-state index contributed by atoms with van der Waals surface area (Å²) in [6.07, 6.45) is 7.98. The molecule has 11 heteroatoms. The quantitative estimate of drug-likeness (QED) is 0.222. The van der Waals surface area contributed by atoms with E-state index in [9.17, 15) is 4.79 Å². The van der Waals surface area contributed by atoms with E-state index in [0.717, 1.165) is 5.69 Å². The Morgan fingerprint density at radius 3 is 2.72 bits per heavy atom. The van der Waals surface area contributed by atoms with Crippen molar-refractivity contribution in [1.82, 2.24) is 24.9 Å². The number of anilines is 1. The molecule has 36 heavy (non-hydrogen) atoms. The van der Waals surface area contributed by atoms with Gasteiger partial charge in [0.05, 0.1) is 0 Å². The number of aromatic nitrogens is 5. The minimum absolute atomic E-state index is 0.274. The van der Waals surface area contributed by atoms with E-state index < -0.39 is 0 Å². The number of halogens is 1. The molecule has 4 aromatic heterocycles. The number of hydrogen-bond donors (Lipinski definition) is 1. The van der Waals surface area contributed by atoms with Gasteiger partial charge < -0.3 is 0 Å². The summed E-state index contributed by atoms with van der Waals surface area (Å²) < 4.78 is 6.59. The zero-order valence-electron chi connectivity index (χ0n) is 18.8. The molecule has 4 heterocycles. The third-order valence-corrected chi connectivity index (χ3v) is 7.12. The fourth-order valence-corrected chi connectivity index (χ4v) is 5.24. The number of hydrogen-bond acceptors (Lipinski definition) is 8. The van der Waals surface area contributed by atoms with E-state index in [1.165, 1.54) is 19.5 Å². The standard InChI is InChI=1S/C25H14ClN7O2Se/c1-13-7-16(17-8-21(26)29-12-20(17)35-2)18(10-28-13)23(34)33-25-32-22-24(36-25)31-19(11-30-22)15-5-3-14(9-27)4-6-15/h3,5,7-8,10-12H,1-2H3,(H,30,32,33,34). The summed E-state index contributed by atoms with van der Waals surface area (Å²) in [4.78, 5) is 35.1. The van der Waals surface area contributed by atoms with E-state index in [0.29, 0.717) is 54.0 Å². The van der Waals surface area contributed by atoms with Gasteiger partial charge >= 0.3 is 216 Å². The molecule has 4 aromatic rings. The number of allylic oxidation sites excluding steroid dienone is 4. The summed E-state index contributed by atoms with van der Waals surface area (Å²) in [5, 5.41) is 12.1. The molecular weight excluding hydrogens is 545 g/mol. The van der Waals surface area contributed by atoms with Crippen molar-refractivity contribution in [2.24, 2.45) is 0 Å². The number of amides is 1. The Balaban J connectivity index is 1.48. The SMILES string of the molecule is COc1cnc(Cl)cc1-c1cc(C)ncc1C(=O)Nc1nc2ncc(C3=C=C=C(C#N)C=C3)nc2[se]1. The van der Waals surface area contributed by atoms with E-state index in [4.69, 9.17) is 21.6 Å². The first kappa shape index (κ1) is 23.4. The van der Waals surface area contributed by atoms with Crippen LogP contribution in [0.5, 0.6) is 5.75 Å². The molecule has 174 valence electrons. The van der Waals surface area contributed by atoms with Crippen molar-refractivity contribution >= 4 is 52.3 Å². The van der Waals surface area contributed by atoms with Crippen molar-refractivity contribution in [3.05, 3.63) is 82.0 Å². The summed E-state index contributed by atoms with van der Waals surface area (Å²) in [7, 11) is 1.52. The molecule has 0 radical (unpaired) electrons. The van der Waals surface area contributed by atoms with Gasteiger partial charge in [-0.05, 0) is 0 Å². The molecular formula is C25H14ClN7O2Se. The van der Waals surface area contributed by atoms with Crippen LogP contribution in [0.3, 0.4) is 0 Å². The maximum atomic E-state index is 13.3. The summed E-state index contributed by atoms with van der Waals surface area (Å²) >= 11 is 5.75. The minimum atomic E-state index is -0.379. The van der Waals surface area contributed by atoms with Gasteiger partial charge in [0, 0.05) is 0 Å². The van der Waals surface area contributed by atoms with Gasteiger partial charge in [-0.25, -0.2) is 0 Å². The first-order valence-corrected chi connectivity index (χ1v) is 12.5. The third-order valence-electron chi connectivity index (χ3n) is 5.12. The molecule has 1 amide bonds. The van der Waals surface area contributed by atoms with Crippen LogP contribution in [0.2, 0.25) is 5.15 Å². The molecule has 9 nitrogen and oxygen atoms in total. The molecule has 0 spiro atoms. The Labute approximate surface area is 215 Å². The summed E-state index contributed by atoms with van der Waals surface area (Å²) in [6.45, 7) is 1.83. The van der Waals surface area contributed by atoms with Gasteiger partial charge in [-0.3, -0.25) is 0 Å². The van der Waals surface area contributed by atoms with Gasteiger partial charge in [0.2, 0.25) is 0 Å². The number of fused-ring (bicyclic) bond motifs is 1.